The first-order valence-electron chi connectivity index (χ1n) is 5.71. The van der Waals surface area contributed by atoms with Gasteiger partial charge in [0.15, 0.2) is 0 Å². The summed E-state index contributed by atoms with van der Waals surface area (Å²) in [6, 6.07) is 0. The van der Waals surface area contributed by atoms with E-state index in [4.69, 9.17) is 11.6 Å². The molecule has 0 amide bonds. The highest BCUT2D eigenvalue weighted by Gasteiger charge is 2.30. The highest BCUT2D eigenvalue weighted by molar-refractivity contribution is 7.89. The Balaban J connectivity index is 3.15. The van der Waals surface area contributed by atoms with Crippen molar-refractivity contribution in [3.63, 3.8) is 0 Å². The molecule has 5 nitrogen and oxygen atoms in total. The smallest absolute Gasteiger partial charge is 0.244 e. The molecule has 104 valence electrons. The summed E-state index contributed by atoms with van der Waals surface area (Å²) in [5, 5.41) is 4.12. The van der Waals surface area contributed by atoms with Crippen LogP contribution >= 0.6 is 11.6 Å². The third-order valence-corrected chi connectivity index (χ3v) is 4.98. The molecule has 0 fully saturated rings. The number of alkyl halides is 1. The Kier molecular flexibility index (Phi) is 4.46. The van der Waals surface area contributed by atoms with E-state index in [0.29, 0.717) is 23.7 Å². The van der Waals surface area contributed by atoms with Gasteiger partial charge in [0.1, 0.15) is 4.90 Å². The Labute approximate surface area is 114 Å². The van der Waals surface area contributed by atoms with Gasteiger partial charge >= 0.3 is 0 Å². The third-order valence-electron chi connectivity index (χ3n) is 2.84. The molecule has 0 saturated carbocycles. The minimum atomic E-state index is -3.57. The summed E-state index contributed by atoms with van der Waals surface area (Å²) < 4.78 is 29.0. The van der Waals surface area contributed by atoms with E-state index >= 15 is 0 Å². The van der Waals surface area contributed by atoms with Gasteiger partial charge in [0, 0.05) is 18.5 Å². The molecule has 7 heteroatoms. The SMILES string of the molecule is Cc1nn(C)c(C)c1S(=O)(=O)NC(C)(C)CCCl. The summed E-state index contributed by atoms with van der Waals surface area (Å²) in [6.45, 7) is 7.06. The Hall–Kier alpha value is -0.590. The largest absolute Gasteiger partial charge is 0.271 e. The van der Waals surface area contributed by atoms with Crippen LogP contribution in [0.4, 0.5) is 0 Å². The average molecular weight is 294 g/mol. The number of rotatable bonds is 5. The molecule has 0 unspecified atom stereocenters. The van der Waals surface area contributed by atoms with Gasteiger partial charge in [-0.1, -0.05) is 0 Å². The molecule has 0 aliphatic carbocycles. The number of nitrogens with one attached hydrogen (secondary N) is 1. The molecule has 0 bridgehead atoms. The Morgan fingerprint density at radius 3 is 2.33 bits per heavy atom. The molecule has 1 aromatic heterocycles. The van der Waals surface area contributed by atoms with Gasteiger partial charge in [-0.2, -0.15) is 5.10 Å². The fourth-order valence-corrected chi connectivity index (χ4v) is 4.20. The van der Waals surface area contributed by atoms with E-state index in [1.165, 1.54) is 0 Å². The van der Waals surface area contributed by atoms with Crippen molar-refractivity contribution in [2.75, 3.05) is 5.88 Å². The second kappa shape index (κ2) is 5.19. The average Bonchev–Trinajstić information content (AvgIpc) is 2.38. The molecule has 18 heavy (non-hydrogen) atoms. The van der Waals surface area contributed by atoms with Gasteiger partial charge < -0.3 is 0 Å². The predicted octanol–water partition coefficient (Wildman–Crippen LogP) is 1.72. The topological polar surface area (TPSA) is 64.0 Å². The zero-order chi connectivity index (χ0) is 14.1. The monoisotopic (exact) mass is 293 g/mol. The van der Waals surface area contributed by atoms with Crippen molar-refractivity contribution in [3.8, 4) is 0 Å². The molecule has 0 spiro atoms. The van der Waals surface area contributed by atoms with Crippen molar-refractivity contribution in [1.29, 1.82) is 0 Å². The summed E-state index contributed by atoms with van der Waals surface area (Å²) in [4.78, 5) is 0.257. The maximum Gasteiger partial charge on any atom is 0.244 e. The second-order valence-corrected chi connectivity index (χ2v) is 7.05. The van der Waals surface area contributed by atoms with Crippen LogP contribution in [0.25, 0.3) is 0 Å². The van der Waals surface area contributed by atoms with Gasteiger partial charge in [0.05, 0.1) is 11.4 Å². The summed E-state index contributed by atoms with van der Waals surface area (Å²) in [6.07, 6.45) is 0.562. The van der Waals surface area contributed by atoms with E-state index in [0.717, 1.165) is 0 Å². The lowest BCUT2D eigenvalue weighted by molar-refractivity contribution is 0.441. The number of nitrogens with zero attached hydrogens (tertiary/aromatic N) is 2. The molecule has 0 saturated heterocycles. The molecular formula is C11H20ClN3O2S. The lowest BCUT2D eigenvalue weighted by Crippen LogP contribution is -2.43. The summed E-state index contributed by atoms with van der Waals surface area (Å²) in [5.41, 5.74) is 0.556. The zero-order valence-corrected chi connectivity index (χ0v) is 13.0. The first kappa shape index (κ1) is 15.5. The van der Waals surface area contributed by atoms with Gasteiger partial charge in [-0.3, -0.25) is 4.68 Å². The lowest BCUT2D eigenvalue weighted by Gasteiger charge is -2.25. The van der Waals surface area contributed by atoms with E-state index < -0.39 is 15.6 Å². The van der Waals surface area contributed by atoms with E-state index in [-0.39, 0.29) is 4.90 Å². The second-order valence-electron chi connectivity index (χ2n) is 5.05. The molecule has 0 aliphatic rings. The van der Waals surface area contributed by atoms with Crippen molar-refractivity contribution in [3.05, 3.63) is 11.4 Å². The van der Waals surface area contributed by atoms with Gasteiger partial charge in [-0.25, -0.2) is 13.1 Å². The van der Waals surface area contributed by atoms with E-state index in [2.05, 4.69) is 9.82 Å². The first-order chi connectivity index (χ1) is 8.10. The van der Waals surface area contributed by atoms with E-state index in [1.807, 2.05) is 13.8 Å². The van der Waals surface area contributed by atoms with Crippen molar-refractivity contribution in [2.24, 2.45) is 7.05 Å². The van der Waals surface area contributed by atoms with Crippen LogP contribution in [0.3, 0.4) is 0 Å². The Bertz CT molecular complexity index is 535. The molecule has 0 aliphatic heterocycles. The Morgan fingerprint density at radius 2 is 1.94 bits per heavy atom. The fourth-order valence-electron chi connectivity index (χ4n) is 1.85. The maximum atomic E-state index is 12.4. The highest BCUT2D eigenvalue weighted by atomic mass is 35.5. The number of hydrogen-bond donors (Lipinski definition) is 1. The number of halogens is 1. The molecule has 0 aromatic carbocycles. The minimum Gasteiger partial charge on any atom is -0.271 e. The number of aromatic nitrogens is 2. The van der Waals surface area contributed by atoms with Crippen LogP contribution in [0.15, 0.2) is 4.90 Å². The van der Waals surface area contributed by atoms with Crippen molar-refractivity contribution < 1.29 is 8.42 Å². The van der Waals surface area contributed by atoms with Crippen LogP contribution in [0.5, 0.6) is 0 Å². The van der Waals surface area contributed by atoms with E-state index in [9.17, 15) is 8.42 Å². The van der Waals surface area contributed by atoms with Crippen molar-refractivity contribution >= 4 is 21.6 Å². The van der Waals surface area contributed by atoms with E-state index in [1.54, 1.807) is 25.6 Å². The van der Waals surface area contributed by atoms with Gasteiger partial charge in [-0.05, 0) is 34.1 Å². The van der Waals surface area contributed by atoms with Crippen LogP contribution < -0.4 is 4.72 Å². The summed E-state index contributed by atoms with van der Waals surface area (Å²) >= 11 is 5.68. The first-order valence-corrected chi connectivity index (χ1v) is 7.72. The quantitative estimate of drug-likeness (QED) is 0.841. The predicted molar refractivity (Wildman–Crippen MR) is 72.4 cm³/mol. The van der Waals surface area contributed by atoms with Gasteiger partial charge in [0.25, 0.3) is 0 Å². The van der Waals surface area contributed by atoms with Gasteiger partial charge in [0.2, 0.25) is 10.0 Å². The molecular weight excluding hydrogens is 274 g/mol. The minimum absolute atomic E-state index is 0.257. The van der Waals surface area contributed by atoms with Crippen molar-refractivity contribution in [2.45, 2.75) is 44.6 Å². The molecule has 0 radical (unpaired) electrons. The molecule has 1 rings (SSSR count). The number of sulfonamides is 1. The summed E-state index contributed by atoms with van der Waals surface area (Å²) in [7, 11) is -1.85. The maximum absolute atomic E-state index is 12.4. The zero-order valence-electron chi connectivity index (χ0n) is 11.4. The van der Waals surface area contributed by atoms with Crippen LogP contribution in [-0.4, -0.2) is 29.6 Å². The number of hydrogen-bond acceptors (Lipinski definition) is 3. The van der Waals surface area contributed by atoms with Crippen molar-refractivity contribution in [1.82, 2.24) is 14.5 Å². The molecule has 1 N–H and O–H groups in total. The van der Waals surface area contributed by atoms with Crippen LogP contribution in [0, 0.1) is 13.8 Å². The lowest BCUT2D eigenvalue weighted by atomic mass is 10.0. The number of aryl methyl sites for hydroxylation is 2. The summed E-state index contributed by atoms with van der Waals surface area (Å²) in [5.74, 6) is 0.403. The molecule has 1 aromatic rings. The van der Waals surface area contributed by atoms with Crippen LogP contribution in [-0.2, 0) is 17.1 Å². The molecule has 0 atom stereocenters. The van der Waals surface area contributed by atoms with Crippen LogP contribution in [0.1, 0.15) is 31.7 Å². The van der Waals surface area contributed by atoms with Crippen LogP contribution in [0.2, 0.25) is 0 Å². The Morgan fingerprint density at radius 1 is 1.39 bits per heavy atom. The van der Waals surface area contributed by atoms with Gasteiger partial charge in [-0.15, -0.1) is 11.6 Å². The third kappa shape index (κ3) is 3.24. The fraction of sp³-hybridized carbons (Fsp3) is 0.727. The standard InChI is InChI=1S/C11H20ClN3O2S/c1-8-10(9(2)15(5)13-8)18(16,17)14-11(3,4)6-7-12/h14H,6-7H2,1-5H3. The normalized spacial score (nSPS) is 13.0. The highest BCUT2D eigenvalue weighted by Crippen LogP contribution is 2.21. The molecule has 1 heterocycles.